The molecule has 0 fully saturated rings. The largest absolute Gasteiger partial charge is 0.468 e. The molecule has 0 saturated carbocycles. The van der Waals surface area contributed by atoms with Crippen molar-refractivity contribution in [1.29, 1.82) is 0 Å². The van der Waals surface area contributed by atoms with E-state index in [1.165, 1.54) is 7.11 Å². The maximum Gasteiger partial charge on any atom is 0.325 e. The molecular weight excluding hydrogens is 246 g/mol. The Morgan fingerprint density at radius 1 is 1.37 bits per heavy atom. The lowest BCUT2D eigenvalue weighted by molar-refractivity contribution is -0.139. The third-order valence-electron chi connectivity index (χ3n) is 2.58. The van der Waals surface area contributed by atoms with Crippen molar-refractivity contribution >= 4 is 11.9 Å². The number of hydrogen-bond acceptors (Lipinski definition) is 4. The molecule has 1 heterocycles. The highest BCUT2D eigenvalue weighted by atomic mass is 16.5. The Bertz CT molecular complexity index is 579. The van der Waals surface area contributed by atoms with Crippen molar-refractivity contribution in [3.63, 3.8) is 0 Å². The molecule has 6 heteroatoms. The van der Waals surface area contributed by atoms with Gasteiger partial charge in [0.05, 0.1) is 13.3 Å². The van der Waals surface area contributed by atoms with Crippen LogP contribution in [0.15, 0.2) is 36.7 Å². The Morgan fingerprint density at radius 2 is 2.21 bits per heavy atom. The number of H-pyrrole nitrogens is 1. The molecule has 0 bridgehead atoms. The Kier molecular flexibility index (Phi) is 3.92. The van der Waals surface area contributed by atoms with Crippen LogP contribution in [0.3, 0.4) is 0 Å². The second-order valence-corrected chi connectivity index (χ2v) is 3.83. The van der Waals surface area contributed by atoms with Crippen LogP contribution >= 0.6 is 0 Å². The molecule has 1 amide bonds. The third kappa shape index (κ3) is 3.19. The molecule has 0 unspecified atom stereocenters. The van der Waals surface area contributed by atoms with Crippen LogP contribution in [0.4, 0.5) is 0 Å². The van der Waals surface area contributed by atoms with Gasteiger partial charge in [0.1, 0.15) is 6.54 Å². The van der Waals surface area contributed by atoms with Crippen LogP contribution in [0.25, 0.3) is 11.1 Å². The van der Waals surface area contributed by atoms with Gasteiger partial charge in [-0.05, 0) is 17.7 Å². The quantitative estimate of drug-likeness (QED) is 0.802. The van der Waals surface area contributed by atoms with Gasteiger partial charge >= 0.3 is 5.97 Å². The summed E-state index contributed by atoms with van der Waals surface area (Å²) in [6.07, 6.45) is 3.41. The van der Waals surface area contributed by atoms with Crippen LogP contribution in [0.2, 0.25) is 0 Å². The van der Waals surface area contributed by atoms with Crippen LogP contribution in [0.1, 0.15) is 10.4 Å². The fraction of sp³-hybridized carbons (Fsp3) is 0.154. The second kappa shape index (κ2) is 5.81. The van der Waals surface area contributed by atoms with Crippen molar-refractivity contribution in [2.45, 2.75) is 0 Å². The Morgan fingerprint density at radius 3 is 2.89 bits per heavy atom. The first-order valence-electron chi connectivity index (χ1n) is 5.65. The molecule has 1 aromatic heterocycles. The van der Waals surface area contributed by atoms with Gasteiger partial charge in [-0.3, -0.25) is 14.7 Å². The first-order valence-corrected chi connectivity index (χ1v) is 5.65. The number of methoxy groups -OCH3 is 1. The molecular formula is C13H13N3O3. The molecule has 0 saturated heterocycles. The van der Waals surface area contributed by atoms with Gasteiger partial charge in [-0.1, -0.05) is 12.1 Å². The number of carbonyl (C=O) groups is 2. The lowest BCUT2D eigenvalue weighted by atomic mass is 10.1. The summed E-state index contributed by atoms with van der Waals surface area (Å²) in [7, 11) is 1.27. The standard InChI is InChI=1S/C13H13N3O3/c1-19-12(17)8-14-13(18)10-4-2-3-9(5-10)11-6-15-16-7-11/h2-7H,8H2,1H3,(H,14,18)(H,15,16). The van der Waals surface area contributed by atoms with Crippen LogP contribution in [0, 0.1) is 0 Å². The van der Waals surface area contributed by atoms with E-state index in [4.69, 9.17) is 0 Å². The maximum absolute atomic E-state index is 11.8. The molecule has 19 heavy (non-hydrogen) atoms. The minimum absolute atomic E-state index is 0.148. The van der Waals surface area contributed by atoms with Gasteiger partial charge < -0.3 is 10.1 Å². The smallest absolute Gasteiger partial charge is 0.325 e. The molecule has 2 rings (SSSR count). The van der Waals surface area contributed by atoms with Gasteiger partial charge in [0.2, 0.25) is 0 Å². The summed E-state index contributed by atoms with van der Waals surface area (Å²) in [6.45, 7) is -0.148. The van der Waals surface area contributed by atoms with Crippen molar-refractivity contribution in [2.24, 2.45) is 0 Å². The molecule has 2 aromatic rings. The number of rotatable bonds is 4. The van der Waals surface area contributed by atoms with Crippen LogP contribution in [-0.4, -0.2) is 35.7 Å². The monoisotopic (exact) mass is 259 g/mol. The van der Waals surface area contributed by atoms with Crippen molar-refractivity contribution in [3.05, 3.63) is 42.2 Å². The zero-order valence-corrected chi connectivity index (χ0v) is 10.3. The number of carbonyl (C=O) groups excluding carboxylic acids is 2. The lowest BCUT2D eigenvalue weighted by Gasteiger charge is -2.05. The summed E-state index contributed by atoms with van der Waals surface area (Å²) in [5.74, 6) is -0.810. The summed E-state index contributed by atoms with van der Waals surface area (Å²) < 4.78 is 4.45. The number of nitrogens with zero attached hydrogens (tertiary/aromatic N) is 1. The normalized spacial score (nSPS) is 9.95. The van der Waals surface area contributed by atoms with E-state index < -0.39 is 5.97 Å². The predicted molar refractivity (Wildman–Crippen MR) is 68.4 cm³/mol. The van der Waals surface area contributed by atoms with E-state index in [-0.39, 0.29) is 12.5 Å². The van der Waals surface area contributed by atoms with Gasteiger partial charge in [-0.15, -0.1) is 0 Å². The molecule has 0 atom stereocenters. The number of ether oxygens (including phenoxy) is 1. The Balaban J connectivity index is 2.10. The maximum atomic E-state index is 11.8. The Hall–Kier alpha value is -2.63. The molecule has 0 aliphatic rings. The second-order valence-electron chi connectivity index (χ2n) is 3.83. The average Bonchev–Trinajstić information content (AvgIpc) is 2.98. The van der Waals surface area contributed by atoms with Gasteiger partial charge in [0.15, 0.2) is 0 Å². The Labute approximate surface area is 109 Å². The van der Waals surface area contributed by atoms with Crippen molar-refractivity contribution in [3.8, 4) is 11.1 Å². The fourth-order valence-corrected chi connectivity index (χ4v) is 1.58. The molecule has 6 nitrogen and oxygen atoms in total. The van der Waals surface area contributed by atoms with Gasteiger partial charge in [-0.25, -0.2) is 0 Å². The van der Waals surface area contributed by atoms with E-state index in [1.54, 1.807) is 30.6 Å². The molecule has 2 N–H and O–H groups in total. The molecule has 0 radical (unpaired) electrons. The molecule has 0 aliphatic carbocycles. The zero-order valence-electron chi connectivity index (χ0n) is 10.3. The number of benzene rings is 1. The molecule has 0 aliphatic heterocycles. The van der Waals surface area contributed by atoms with Crippen LogP contribution in [0.5, 0.6) is 0 Å². The first-order chi connectivity index (χ1) is 9.20. The summed E-state index contributed by atoms with van der Waals surface area (Å²) in [5.41, 5.74) is 2.24. The first kappa shape index (κ1) is 12.8. The number of amides is 1. The summed E-state index contributed by atoms with van der Waals surface area (Å²) in [5, 5.41) is 9.06. The zero-order chi connectivity index (χ0) is 13.7. The van der Waals surface area contributed by atoms with Crippen LogP contribution in [-0.2, 0) is 9.53 Å². The highest BCUT2D eigenvalue weighted by molar-refractivity contribution is 5.96. The number of aromatic amines is 1. The highest BCUT2D eigenvalue weighted by Gasteiger charge is 2.09. The fourth-order valence-electron chi connectivity index (χ4n) is 1.58. The van der Waals surface area contributed by atoms with E-state index in [2.05, 4.69) is 20.3 Å². The summed E-state index contributed by atoms with van der Waals surface area (Å²) >= 11 is 0. The van der Waals surface area contributed by atoms with Crippen molar-refractivity contribution in [1.82, 2.24) is 15.5 Å². The van der Waals surface area contributed by atoms with E-state index in [1.807, 2.05) is 6.07 Å². The summed E-state index contributed by atoms with van der Waals surface area (Å²) in [6, 6.07) is 7.06. The minimum atomic E-state index is -0.487. The topological polar surface area (TPSA) is 84.1 Å². The van der Waals surface area contributed by atoms with Gasteiger partial charge in [0, 0.05) is 17.3 Å². The SMILES string of the molecule is COC(=O)CNC(=O)c1cccc(-c2cn[nH]c2)c1. The molecule has 1 aromatic carbocycles. The predicted octanol–water partition coefficient (Wildman–Crippen LogP) is 0.979. The van der Waals surface area contributed by atoms with E-state index in [0.29, 0.717) is 5.56 Å². The third-order valence-corrected chi connectivity index (χ3v) is 2.58. The van der Waals surface area contributed by atoms with Crippen LogP contribution < -0.4 is 5.32 Å². The highest BCUT2D eigenvalue weighted by Crippen LogP contribution is 2.18. The summed E-state index contributed by atoms with van der Waals surface area (Å²) in [4.78, 5) is 22.8. The van der Waals surface area contributed by atoms with E-state index in [9.17, 15) is 9.59 Å². The van der Waals surface area contributed by atoms with E-state index >= 15 is 0 Å². The number of nitrogens with one attached hydrogen (secondary N) is 2. The van der Waals surface area contributed by atoms with Gasteiger partial charge in [-0.2, -0.15) is 5.10 Å². The number of hydrogen-bond donors (Lipinski definition) is 2. The number of esters is 1. The van der Waals surface area contributed by atoms with Crippen molar-refractivity contribution in [2.75, 3.05) is 13.7 Å². The molecule has 0 spiro atoms. The van der Waals surface area contributed by atoms with Crippen molar-refractivity contribution < 1.29 is 14.3 Å². The minimum Gasteiger partial charge on any atom is -0.468 e. The number of aromatic nitrogens is 2. The average molecular weight is 259 g/mol. The molecule has 98 valence electrons. The van der Waals surface area contributed by atoms with E-state index in [0.717, 1.165) is 11.1 Å². The van der Waals surface area contributed by atoms with Gasteiger partial charge in [0.25, 0.3) is 5.91 Å². The lowest BCUT2D eigenvalue weighted by Crippen LogP contribution is -2.30.